The largest absolute Gasteiger partial charge is 0.467 e. The maximum atomic E-state index is 13.3. The van der Waals surface area contributed by atoms with Gasteiger partial charge in [0.05, 0.1) is 19.1 Å². The molecule has 0 bridgehead atoms. The number of nitrogens with zero attached hydrogens (tertiary/aromatic N) is 2. The lowest BCUT2D eigenvalue weighted by Crippen LogP contribution is -2.43. The van der Waals surface area contributed by atoms with E-state index in [4.69, 9.17) is 4.74 Å². The van der Waals surface area contributed by atoms with Gasteiger partial charge in [-0.05, 0) is 65.1 Å². The van der Waals surface area contributed by atoms with E-state index in [1.807, 2.05) is 24.3 Å². The van der Waals surface area contributed by atoms with Gasteiger partial charge in [-0.2, -0.15) is 5.10 Å². The summed E-state index contributed by atoms with van der Waals surface area (Å²) in [7, 11) is 1.23. The minimum absolute atomic E-state index is 0.118. The zero-order chi connectivity index (χ0) is 30.3. The summed E-state index contributed by atoms with van der Waals surface area (Å²) < 4.78 is 19.4. The van der Waals surface area contributed by atoms with E-state index < -0.39 is 23.6 Å². The number of hydrogen-bond acceptors (Lipinski definition) is 6. The number of aromatic nitrogens is 3. The van der Waals surface area contributed by atoms with E-state index >= 15 is 0 Å². The lowest BCUT2D eigenvalue weighted by Gasteiger charge is -2.17. The lowest BCUT2D eigenvalue weighted by molar-refractivity contribution is -0.142. The first-order chi connectivity index (χ1) is 20.8. The third-order valence-corrected chi connectivity index (χ3v) is 6.93. The SMILES string of the molecule is COC(=O)[C@@H](Cc1ccc(NC(=O)Cc2ccccc2Cc2ccc(F)cc2)cc1)NC(=O)c1cccn2c(=O)[nH]nc12. The average Bonchev–Trinajstić information content (AvgIpc) is 3.40. The molecule has 0 aliphatic heterocycles. The summed E-state index contributed by atoms with van der Waals surface area (Å²) in [6.07, 6.45) is 2.33. The minimum Gasteiger partial charge on any atom is -0.467 e. The van der Waals surface area contributed by atoms with Crippen LogP contribution in [-0.4, -0.2) is 45.5 Å². The number of carbonyl (C=O) groups excluding carboxylic acids is 3. The average molecular weight is 582 g/mol. The number of rotatable bonds is 10. The van der Waals surface area contributed by atoms with E-state index in [-0.39, 0.29) is 35.8 Å². The lowest BCUT2D eigenvalue weighted by atomic mass is 9.97. The maximum Gasteiger partial charge on any atom is 0.347 e. The Morgan fingerprint density at radius 3 is 2.35 bits per heavy atom. The zero-order valence-electron chi connectivity index (χ0n) is 23.2. The predicted molar refractivity (Wildman–Crippen MR) is 157 cm³/mol. The summed E-state index contributed by atoms with van der Waals surface area (Å²) in [6, 6.07) is 22.8. The number of nitrogens with one attached hydrogen (secondary N) is 3. The number of pyridine rings is 1. The molecular formula is C32H28FN5O5. The van der Waals surface area contributed by atoms with Gasteiger partial charge in [0, 0.05) is 18.3 Å². The quantitative estimate of drug-likeness (QED) is 0.216. The Morgan fingerprint density at radius 2 is 1.63 bits per heavy atom. The molecule has 0 aliphatic rings. The number of aromatic amines is 1. The normalized spacial score (nSPS) is 11.6. The molecule has 0 spiro atoms. The van der Waals surface area contributed by atoms with Gasteiger partial charge in [-0.3, -0.25) is 9.59 Å². The number of H-pyrrole nitrogens is 1. The first-order valence-electron chi connectivity index (χ1n) is 13.4. The van der Waals surface area contributed by atoms with Gasteiger partial charge in [-0.15, -0.1) is 0 Å². The molecule has 2 aromatic heterocycles. The van der Waals surface area contributed by atoms with E-state index in [9.17, 15) is 23.6 Å². The molecule has 11 heteroatoms. The Morgan fingerprint density at radius 1 is 0.930 bits per heavy atom. The molecule has 3 N–H and O–H groups in total. The van der Waals surface area contributed by atoms with Crippen molar-refractivity contribution in [3.8, 4) is 0 Å². The fourth-order valence-electron chi connectivity index (χ4n) is 4.74. The van der Waals surface area contributed by atoms with Crippen molar-refractivity contribution in [2.75, 3.05) is 12.4 Å². The number of benzene rings is 3. The van der Waals surface area contributed by atoms with Crippen molar-refractivity contribution < 1.29 is 23.5 Å². The van der Waals surface area contributed by atoms with Crippen LogP contribution in [0.3, 0.4) is 0 Å². The molecule has 0 aliphatic carbocycles. The van der Waals surface area contributed by atoms with Crippen LogP contribution < -0.4 is 16.3 Å². The molecule has 2 amide bonds. The monoisotopic (exact) mass is 581 g/mol. The predicted octanol–water partition coefficient (Wildman–Crippen LogP) is 3.45. The van der Waals surface area contributed by atoms with Crippen LogP contribution in [0.1, 0.15) is 32.6 Å². The van der Waals surface area contributed by atoms with Crippen LogP contribution in [0, 0.1) is 5.82 Å². The van der Waals surface area contributed by atoms with Gasteiger partial charge in [0.2, 0.25) is 5.91 Å². The van der Waals surface area contributed by atoms with Crippen molar-refractivity contribution in [1.82, 2.24) is 19.9 Å². The van der Waals surface area contributed by atoms with Gasteiger partial charge in [0.25, 0.3) is 5.91 Å². The summed E-state index contributed by atoms with van der Waals surface area (Å²) in [5.74, 6) is -1.74. The van der Waals surface area contributed by atoms with Crippen molar-refractivity contribution in [3.05, 3.63) is 135 Å². The molecule has 0 saturated carbocycles. The van der Waals surface area contributed by atoms with Crippen LogP contribution in [0.25, 0.3) is 5.65 Å². The Balaban J connectivity index is 1.22. The first-order valence-corrected chi connectivity index (χ1v) is 13.4. The first kappa shape index (κ1) is 28.9. The highest BCUT2D eigenvalue weighted by atomic mass is 19.1. The van der Waals surface area contributed by atoms with E-state index in [1.165, 1.54) is 42.0 Å². The maximum absolute atomic E-state index is 13.3. The van der Waals surface area contributed by atoms with E-state index in [2.05, 4.69) is 20.8 Å². The summed E-state index contributed by atoms with van der Waals surface area (Å²) in [5.41, 5.74) is 3.83. The van der Waals surface area contributed by atoms with Gasteiger partial charge >= 0.3 is 11.7 Å². The Hall–Kier alpha value is -5.58. The smallest absolute Gasteiger partial charge is 0.347 e. The topological polar surface area (TPSA) is 135 Å². The summed E-state index contributed by atoms with van der Waals surface area (Å²) in [5, 5.41) is 11.7. The highest BCUT2D eigenvalue weighted by molar-refractivity contribution is 6.01. The van der Waals surface area contributed by atoms with Gasteiger partial charge in [0.1, 0.15) is 11.9 Å². The Bertz CT molecular complexity index is 1830. The molecule has 218 valence electrons. The molecule has 1 atom stereocenters. The van der Waals surface area contributed by atoms with Crippen LogP contribution >= 0.6 is 0 Å². The van der Waals surface area contributed by atoms with Crippen LogP contribution in [0.5, 0.6) is 0 Å². The number of methoxy groups -OCH3 is 1. The van der Waals surface area contributed by atoms with Gasteiger partial charge in [-0.25, -0.2) is 23.5 Å². The summed E-state index contributed by atoms with van der Waals surface area (Å²) >= 11 is 0. The fraction of sp³-hybridized carbons (Fsp3) is 0.156. The van der Waals surface area contributed by atoms with Gasteiger partial charge in [0.15, 0.2) is 5.65 Å². The van der Waals surface area contributed by atoms with Crippen molar-refractivity contribution >= 4 is 29.1 Å². The van der Waals surface area contributed by atoms with Crippen LogP contribution in [-0.2, 0) is 33.6 Å². The van der Waals surface area contributed by atoms with Gasteiger partial charge in [-0.1, -0.05) is 48.5 Å². The number of ether oxygens (including phenoxy) is 1. The molecule has 5 rings (SSSR count). The third-order valence-electron chi connectivity index (χ3n) is 6.93. The second-order valence-electron chi connectivity index (χ2n) is 9.89. The zero-order valence-corrected chi connectivity index (χ0v) is 23.2. The third kappa shape index (κ3) is 7.02. The van der Waals surface area contributed by atoms with Gasteiger partial charge < -0.3 is 15.4 Å². The summed E-state index contributed by atoms with van der Waals surface area (Å²) in [4.78, 5) is 50.2. The number of fused-ring (bicyclic) bond motifs is 1. The summed E-state index contributed by atoms with van der Waals surface area (Å²) in [6.45, 7) is 0. The molecule has 0 unspecified atom stereocenters. The molecule has 0 radical (unpaired) electrons. The molecule has 2 heterocycles. The van der Waals surface area contributed by atoms with Crippen LogP contribution in [0.4, 0.5) is 10.1 Å². The van der Waals surface area contributed by atoms with E-state index in [0.29, 0.717) is 17.7 Å². The van der Waals surface area contributed by atoms with E-state index in [0.717, 1.165) is 16.7 Å². The second-order valence-corrected chi connectivity index (χ2v) is 9.89. The number of hydrogen-bond donors (Lipinski definition) is 3. The molecule has 5 aromatic rings. The number of esters is 1. The molecule has 0 saturated heterocycles. The standard InChI is InChI=1S/C32H28FN5O5/c1-43-31(41)27(35-30(40)26-7-4-16-38-29(26)36-37-32(38)42)18-21-10-14-25(15-11-21)34-28(39)19-23-6-3-2-5-22(23)17-20-8-12-24(33)13-9-20/h2-16,27H,17-19H2,1H3,(H,34,39)(H,35,40)(H,37,42)/t27-/m1/s1. The fourth-order valence-corrected chi connectivity index (χ4v) is 4.74. The number of anilines is 1. The number of halogens is 1. The number of amides is 2. The van der Waals surface area contributed by atoms with E-state index in [1.54, 1.807) is 36.4 Å². The molecule has 3 aromatic carbocycles. The van der Waals surface area contributed by atoms with Crippen molar-refractivity contribution in [1.29, 1.82) is 0 Å². The van der Waals surface area contributed by atoms with Crippen LogP contribution in [0.2, 0.25) is 0 Å². The van der Waals surface area contributed by atoms with Crippen molar-refractivity contribution in [2.24, 2.45) is 0 Å². The Kier molecular flexibility index (Phi) is 8.71. The second kappa shape index (κ2) is 12.9. The highest BCUT2D eigenvalue weighted by Crippen LogP contribution is 2.18. The Labute approximate surface area is 245 Å². The number of carbonyl (C=O) groups is 3. The van der Waals surface area contributed by atoms with Crippen molar-refractivity contribution in [3.63, 3.8) is 0 Å². The minimum atomic E-state index is -1.01. The molecule has 0 fully saturated rings. The molecule has 43 heavy (non-hydrogen) atoms. The molecular weight excluding hydrogens is 553 g/mol. The molecule has 10 nitrogen and oxygen atoms in total. The van der Waals surface area contributed by atoms with Crippen LogP contribution in [0.15, 0.2) is 95.9 Å². The highest BCUT2D eigenvalue weighted by Gasteiger charge is 2.24. The van der Waals surface area contributed by atoms with Crippen molar-refractivity contribution in [2.45, 2.75) is 25.3 Å².